The van der Waals surface area contributed by atoms with Crippen LogP contribution in [0.5, 0.6) is 17.2 Å². The smallest absolute Gasteiger partial charge is 0.348 e. The third kappa shape index (κ3) is 3.37. The van der Waals surface area contributed by atoms with Crippen LogP contribution < -0.4 is 18.5 Å². The van der Waals surface area contributed by atoms with Gasteiger partial charge in [-0.3, -0.25) is 4.31 Å². The molecule has 2 aromatic carbocycles. The number of para-hydroxylation sites is 2. The highest BCUT2D eigenvalue weighted by Gasteiger charge is 2.39. The van der Waals surface area contributed by atoms with Crippen molar-refractivity contribution in [1.82, 2.24) is 0 Å². The number of fused-ring (bicyclic) bond motifs is 1. The van der Waals surface area contributed by atoms with E-state index in [-0.39, 0.29) is 22.9 Å². The highest BCUT2D eigenvalue weighted by Crippen LogP contribution is 2.39. The van der Waals surface area contributed by atoms with E-state index >= 15 is 0 Å². The van der Waals surface area contributed by atoms with Crippen LogP contribution in [-0.4, -0.2) is 48.4 Å². The number of anilines is 1. The van der Waals surface area contributed by atoms with Crippen molar-refractivity contribution in [1.29, 1.82) is 0 Å². The molecule has 8 nitrogen and oxygen atoms in total. The lowest BCUT2D eigenvalue weighted by molar-refractivity contribution is -0.148. The lowest BCUT2D eigenvalue weighted by Gasteiger charge is -2.34. The molecule has 144 valence electrons. The normalized spacial score (nSPS) is 16.1. The average molecular weight is 393 g/mol. The van der Waals surface area contributed by atoms with E-state index in [1.54, 1.807) is 30.3 Å². The van der Waals surface area contributed by atoms with Gasteiger partial charge in [0.2, 0.25) is 6.10 Å². The van der Waals surface area contributed by atoms with E-state index < -0.39 is 22.1 Å². The minimum atomic E-state index is -4.08. The van der Waals surface area contributed by atoms with Crippen molar-refractivity contribution in [3.63, 3.8) is 0 Å². The Bertz CT molecular complexity index is 958. The van der Waals surface area contributed by atoms with Crippen LogP contribution in [0.4, 0.5) is 5.69 Å². The van der Waals surface area contributed by atoms with Crippen molar-refractivity contribution in [3.05, 3.63) is 42.5 Å². The number of hydrogen-bond acceptors (Lipinski definition) is 7. The van der Waals surface area contributed by atoms with Crippen LogP contribution in [0.3, 0.4) is 0 Å². The first-order valence-electron chi connectivity index (χ1n) is 8.00. The Kier molecular flexibility index (Phi) is 5.13. The summed E-state index contributed by atoms with van der Waals surface area (Å²) in [5.74, 6) is 0.127. The van der Waals surface area contributed by atoms with Gasteiger partial charge in [-0.05, 0) is 24.3 Å². The number of rotatable bonds is 5. The lowest BCUT2D eigenvalue weighted by Crippen LogP contribution is -2.47. The summed E-state index contributed by atoms with van der Waals surface area (Å²) in [6.45, 7) is -0.230. The second-order valence-electron chi connectivity index (χ2n) is 5.65. The van der Waals surface area contributed by atoms with Crippen LogP contribution in [0.1, 0.15) is 0 Å². The third-order valence-corrected chi connectivity index (χ3v) is 5.94. The molecule has 1 unspecified atom stereocenters. The predicted molar refractivity (Wildman–Crippen MR) is 97.0 cm³/mol. The molecule has 0 saturated heterocycles. The molecule has 0 amide bonds. The zero-order valence-electron chi connectivity index (χ0n) is 15.0. The summed E-state index contributed by atoms with van der Waals surface area (Å²) in [4.78, 5) is 11.9. The Balaban J connectivity index is 2.14. The Morgan fingerprint density at radius 1 is 1.11 bits per heavy atom. The Morgan fingerprint density at radius 3 is 2.52 bits per heavy atom. The van der Waals surface area contributed by atoms with Crippen molar-refractivity contribution >= 4 is 21.7 Å². The van der Waals surface area contributed by atoms with E-state index in [9.17, 15) is 13.2 Å². The fraction of sp³-hybridized carbons (Fsp3) is 0.278. The van der Waals surface area contributed by atoms with Gasteiger partial charge in [0.05, 0.1) is 33.6 Å². The summed E-state index contributed by atoms with van der Waals surface area (Å²) in [6.07, 6.45) is -1.09. The van der Waals surface area contributed by atoms with Crippen LogP contribution in [-0.2, 0) is 19.6 Å². The molecule has 0 bridgehead atoms. The minimum absolute atomic E-state index is 0.0790. The first-order valence-corrected chi connectivity index (χ1v) is 9.44. The molecular formula is C18H19NO7S. The monoisotopic (exact) mass is 393 g/mol. The van der Waals surface area contributed by atoms with Gasteiger partial charge < -0.3 is 18.9 Å². The molecule has 0 fully saturated rings. The van der Waals surface area contributed by atoms with Gasteiger partial charge in [-0.25, -0.2) is 13.2 Å². The van der Waals surface area contributed by atoms with E-state index in [1.165, 1.54) is 33.5 Å². The summed E-state index contributed by atoms with van der Waals surface area (Å²) in [7, 11) is -0.0462. The van der Waals surface area contributed by atoms with Crippen molar-refractivity contribution in [3.8, 4) is 17.2 Å². The molecule has 0 spiro atoms. The van der Waals surface area contributed by atoms with Gasteiger partial charge >= 0.3 is 5.97 Å². The number of esters is 1. The number of benzene rings is 2. The van der Waals surface area contributed by atoms with E-state index in [4.69, 9.17) is 18.9 Å². The van der Waals surface area contributed by atoms with Gasteiger partial charge in [0.25, 0.3) is 10.0 Å². The first kappa shape index (κ1) is 18.8. The van der Waals surface area contributed by atoms with Gasteiger partial charge in [-0.15, -0.1) is 0 Å². The van der Waals surface area contributed by atoms with E-state index in [0.717, 1.165) is 4.31 Å². The zero-order chi connectivity index (χ0) is 19.6. The van der Waals surface area contributed by atoms with Gasteiger partial charge in [0.1, 0.15) is 22.1 Å². The van der Waals surface area contributed by atoms with Gasteiger partial charge in [-0.1, -0.05) is 12.1 Å². The van der Waals surface area contributed by atoms with Gasteiger partial charge in [-0.2, -0.15) is 0 Å². The molecule has 3 rings (SSSR count). The summed E-state index contributed by atoms with van der Waals surface area (Å²) in [6, 6.07) is 11.1. The number of carbonyl (C=O) groups is 1. The first-order chi connectivity index (χ1) is 12.9. The summed E-state index contributed by atoms with van der Waals surface area (Å²) in [5.41, 5.74) is 0.322. The number of carbonyl (C=O) groups excluding carboxylic acids is 1. The maximum absolute atomic E-state index is 13.4. The van der Waals surface area contributed by atoms with Crippen LogP contribution >= 0.6 is 0 Å². The van der Waals surface area contributed by atoms with E-state index in [1.807, 2.05) is 0 Å². The van der Waals surface area contributed by atoms with Crippen molar-refractivity contribution in [2.75, 3.05) is 32.2 Å². The van der Waals surface area contributed by atoms with Crippen molar-refractivity contribution < 1.29 is 32.2 Å². The van der Waals surface area contributed by atoms with Crippen LogP contribution in [0.25, 0.3) is 0 Å². The van der Waals surface area contributed by atoms with E-state index in [0.29, 0.717) is 11.4 Å². The molecule has 9 heteroatoms. The standard InChI is InChI=1S/C18H19NO7S/c1-23-12-8-9-15(24-2)17(10-12)27(21,22)19-11-16(18(20)25-3)26-14-7-5-4-6-13(14)19/h4-10,16H,11H2,1-3H3. The summed E-state index contributed by atoms with van der Waals surface area (Å²) < 4.78 is 48.7. The molecule has 1 heterocycles. The minimum Gasteiger partial charge on any atom is -0.497 e. The number of hydrogen-bond donors (Lipinski definition) is 0. The molecule has 0 aromatic heterocycles. The van der Waals surface area contributed by atoms with Crippen LogP contribution in [0.15, 0.2) is 47.4 Å². The largest absolute Gasteiger partial charge is 0.497 e. The Labute approximate surface area is 157 Å². The van der Waals surface area contributed by atoms with E-state index in [2.05, 4.69) is 0 Å². The van der Waals surface area contributed by atoms with Gasteiger partial charge in [0.15, 0.2) is 0 Å². The van der Waals surface area contributed by atoms with Crippen molar-refractivity contribution in [2.24, 2.45) is 0 Å². The Hall–Kier alpha value is -2.94. The molecule has 0 saturated carbocycles. The summed E-state index contributed by atoms with van der Waals surface area (Å²) in [5, 5.41) is 0. The molecular weight excluding hydrogens is 374 g/mol. The maximum atomic E-state index is 13.4. The fourth-order valence-electron chi connectivity index (χ4n) is 2.79. The highest BCUT2D eigenvalue weighted by atomic mass is 32.2. The highest BCUT2D eigenvalue weighted by molar-refractivity contribution is 7.93. The zero-order valence-corrected chi connectivity index (χ0v) is 15.9. The number of nitrogens with zero attached hydrogens (tertiary/aromatic N) is 1. The second-order valence-corrected chi connectivity index (χ2v) is 7.48. The molecule has 1 aliphatic heterocycles. The number of ether oxygens (including phenoxy) is 4. The molecule has 1 atom stereocenters. The molecule has 0 N–H and O–H groups in total. The molecule has 2 aromatic rings. The molecule has 0 radical (unpaired) electrons. The molecule has 1 aliphatic rings. The SMILES string of the molecule is COC(=O)C1CN(S(=O)(=O)c2cc(OC)ccc2OC)c2ccccc2O1. The fourth-order valence-corrected chi connectivity index (χ4v) is 4.44. The summed E-state index contributed by atoms with van der Waals surface area (Å²) >= 11 is 0. The Morgan fingerprint density at radius 2 is 1.85 bits per heavy atom. The topological polar surface area (TPSA) is 91.4 Å². The maximum Gasteiger partial charge on any atom is 0.348 e. The predicted octanol–water partition coefficient (Wildman–Crippen LogP) is 1.83. The van der Waals surface area contributed by atoms with Crippen LogP contribution in [0.2, 0.25) is 0 Å². The average Bonchev–Trinajstić information content (AvgIpc) is 2.71. The molecule has 27 heavy (non-hydrogen) atoms. The number of methoxy groups -OCH3 is 3. The van der Waals surface area contributed by atoms with Gasteiger partial charge in [0, 0.05) is 6.07 Å². The molecule has 0 aliphatic carbocycles. The second kappa shape index (κ2) is 7.36. The third-order valence-electron chi connectivity index (χ3n) is 4.14. The quantitative estimate of drug-likeness (QED) is 0.716. The van der Waals surface area contributed by atoms with Crippen molar-refractivity contribution in [2.45, 2.75) is 11.0 Å². The van der Waals surface area contributed by atoms with Crippen LogP contribution in [0, 0.1) is 0 Å². The number of sulfonamides is 1. The lowest BCUT2D eigenvalue weighted by atomic mass is 10.2.